The van der Waals surface area contributed by atoms with Gasteiger partial charge in [0.1, 0.15) is 23.3 Å². The van der Waals surface area contributed by atoms with Crippen molar-refractivity contribution in [3.05, 3.63) is 51.7 Å². The minimum absolute atomic E-state index is 0. The average Bonchev–Trinajstić information content (AvgIpc) is 2.93. The first-order chi connectivity index (χ1) is 9.74. The number of rotatable bonds is 6. The lowest BCUT2D eigenvalue weighted by Crippen LogP contribution is -2.11. The van der Waals surface area contributed by atoms with Crippen molar-refractivity contribution >= 4 is 23.7 Å². The van der Waals surface area contributed by atoms with Gasteiger partial charge in [-0.1, -0.05) is 12.1 Å². The molecule has 112 valence electrons. The maximum Gasteiger partial charge on any atom is 0.119 e. The minimum Gasteiger partial charge on any atom is -0.489 e. The number of hydrogen-bond acceptors (Lipinski definition) is 5. The van der Waals surface area contributed by atoms with Crippen LogP contribution < -0.4 is 10.5 Å². The summed E-state index contributed by atoms with van der Waals surface area (Å²) in [4.78, 5) is 0.687. The largest absolute Gasteiger partial charge is 0.489 e. The van der Waals surface area contributed by atoms with Crippen LogP contribution in [-0.4, -0.2) is 11.7 Å². The highest BCUT2D eigenvalue weighted by molar-refractivity contribution is 7.10. The number of benzene rings is 1. The average molecular weight is 325 g/mol. The van der Waals surface area contributed by atoms with Crippen molar-refractivity contribution in [2.45, 2.75) is 19.1 Å². The Bertz CT molecular complexity index is 592. The van der Waals surface area contributed by atoms with Crippen LogP contribution in [0.25, 0.3) is 0 Å². The summed E-state index contributed by atoms with van der Waals surface area (Å²) >= 11 is 1.42. The first-order valence-electron chi connectivity index (χ1n) is 6.30. The second-order valence-corrected chi connectivity index (χ2v) is 5.28. The second-order valence-electron chi connectivity index (χ2n) is 4.36. The van der Waals surface area contributed by atoms with Crippen molar-refractivity contribution < 1.29 is 9.84 Å². The molecule has 2 aromatic rings. The van der Waals surface area contributed by atoms with Crippen molar-refractivity contribution in [1.29, 1.82) is 5.26 Å². The topological polar surface area (TPSA) is 79.3 Å². The van der Waals surface area contributed by atoms with Crippen molar-refractivity contribution in [2.75, 3.05) is 6.61 Å². The monoisotopic (exact) mass is 324 g/mol. The Kier molecular flexibility index (Phi) is 7.20. The number of ether oxygens (including phenoxy) is 1. The fraction of sp³-hybridized carbons (Fsp3) is 0.267. The Morgan fingerprint density at radius 2 is 2.00 bits per heavy atom. The van der Waals surface area contributed by atoms with Gasteiger partial charge in [0, 0.05) is 18.2 Å². The highest BCUT2D eigenvalue weighted by Gasteiger charge is 2.07. The maximum absolute atomic E-state index is 8.92. The fourth-order valence-corrected chi connectivity index (χ4v) is 2.52. The highest BCUT2D eigenvalue weighted by atomic mass is 35.5. The Balaban J connectivity index is 0.00000220. The van der Waals surface area contributed by atoms with Gasteiger partial charge < -0.3 is 15.6 Å². The van der Waals surface area contributed by atoms with E-state index in [1.807, 2.05) is 35.7 Å². The Morgan fingerprint density at radius 1 is 1.29 bits per heavy atom. The van der Waals surface area contributed by atoms with Crippen LogP contribution in [0.3, 0.4) is 0 Å². The van der Waals surface area contributed by atoms with Gasteiger partial charge in [0.25, 0.3) is 0 Å². The summed E-state index contributed by atoms with van der Waals surface area (Å²) in [6.07, 6.45) is 0.542. The smallest absolute Gasteiger partial charge is 0.119 e. The molecule has 0 radical (unpaired) electrons. The first kappa shape index (κ1) is 17.5. The quantitative estimate of drug-likeness (QED) is 0.856. The number of thiophene rings is 1. The Hall–Kier alpha value is -1.58. The lowest BCUT2D eigenvalue weighted by molar-refractivity contribution is 0.276. The van der Waals surface area contributed by atoms with E-state index in [2.05, 4.69) is 6.07 Å². The van der Waals surface area contributed by atoms with Crippen LogP contribution in [-0.2, 0) is 6.61 Å². The minimum atomic E-state index is -0.156. The van der Waals surface area contributed by atoms with Crippen LogP contribution in [0.5, 0.6) is 5.75 Å². The van der Waals surface area contributed by atoms with Gasteiger partial charge in [-0.2, -0.15) is 5.26 Å². The molecule has 1 atom stereocenters. The third-order valence-corrected chi connectivity index (χ3v) is 3.85. The van der Waals surface area contributed by atoms with Crippen LogP contribution in [0, 0.1) is 11.3 Å². The molecule has 0 saturated heterocycles. The van der Waals surface area contributed by atoms with Gasteiger partial charge in [-0.05, 0) is 35.6 Å². The fourth-order valence-electron chi connectivity index (χ4n) is 1.83. The number of nitrogens with zero attached hydrogens (tertiary/aromatic N) is 1. The summed E-state index contributed by atoms with van der Waals surface area (Å²) in [5, 5.41) is 19.7. The molecule has 1 unspecified atom stereocenters. The molecule has 2 rings (SSSR count). The number of nitriles is 1. The van der Waals surface area contributed by atoms with Gasteiger partial charge in [-0.25, -0.2) is 0 Å². The predicted molar refractivity (Wildman–Crippen MR) is 85.7 cm³/mol. The maximum atomic E-state index is 8.92. The van der Waals surface area contributed by atoms with Crippen LogP contribution in [0.2, 0.25) is 0 Å². The molecule has 1 aromatic carbocycles. The van der Waals surface area contributed by atoms with Gasteiger partial charge in [-0.15, -0.1) is 23.7 Å². The molecule has 0 amide bonds. The van der Waals surface area contributed by atoms with Crippen LogP contribution >= 0.6 is 23.7 Å². The van der Waals surface area contributed by atoms with Crippen molar-refractivity contribution in [3.8, 4) is 11.8 Å². The first-order valence-corrected chi connectivity index (χ1v) is 7.18. The third-order valence-electron chi connectivity index (χ3n) is 2.99. The van der Waals surface area contributed by atoms with Gasteiger partial charge in [0.05, 0.1) is 0 Å². The molecule has 4 nitrogen and oxygen atoms in total. The summed E-state index contributed by atoms with van der Waals surface area (Å²) in [6.45, 7) is 0.461. The second kappa shape index (κ2) is 8.65. The van der Waals surface area contributed by atoms with Crippen LogP contribution in [0.4, 0.5) is 0 Å². The van der Waals surface area contributed by atoms with E-state index in [1.165, 1.54) is 11.3 Å². The molecule has 0 fully saturated rings. The van der Waals surface area contributed by atoms with Gasteiger partial charge >= 0.3 is 0 Å². The predicted octanol–water partition coefficient (Wildman–Crippen LogP) is 3.00. The van der Waals surface area contributed by atoms with Gasteiger partial charge in [0.15, 0.2) is 0 Å². The zero-order valence-electron chi connectivity index (χ0n) is 11.4. The lowest BCUT2D eigenvalue weighted by Gasteiger charge is -2.11. The van der Waals surface area contributed by atoms with Gasteiger partial charge in [0.2, 0.25) is 0 Å². The van der Waals surface area contributed by atoms with Crippen LogP contribution in [0.15, 0.2) is 35.7 Å². The molecular formula is C15H17ClN2O2S. The van der Waals surface area contributed by atoms with E-state index in [0.717, 1.165) is 16.9 Å². The number of nitrogens with two attached hydrogens (primary N) is 1. The third kappa shape index (κ3) is 4.73. The molecule has 6 heteroatoms. The van der Waals surface area contributed by atoms with E-state index in [-0.39, 0.29) is 25.1 Å². The molecule has 0 aliphatic rings. The molecule has 21 heavy (non-hydrogen) atoms. The van der Waals surface area contributed by atoms with E-state index in [1.54, 1.807) is 0 Å². The molecule has 0 aliphatic carbocycles. The molecule has 0 spiro atoms. The van der Waals surface area contributed by atoms with E-state index >= 15 is 0 Å². The van der Waals surface area contributed by atoms with Crippen molar-refractivity contribution in [1.82, 2.24) is 0 Å². The molecule has 0 aliphatic heterocycles. The summed E-state index contributed by atoms with van der Waals surface area (Å²) in [6, 6.07) is 11.4. The van der Waals surface area contributed by atoms with E-state index in [0.29, 0.717) is 17.9 Å². The summed E-state index contributed by atoms with van der Waals surface area (Å²) in [5.74, 6) is 0.736. The van der Waals surface area contributed by atoms with Crippen molar-refractivity contribution in [2.24, 2.45) is 5.73 Å². The summed E-state index contributed by atoms with van der Waals surface area (Å²) < 4.78 is 5.65. The number of aliphatic hydroxyl groups excluding tert-OH is 1. The molecule has 1 heterocycles. The molecule has 0 bridgehead atoms. The Labute approximate surface area is 134 Å². The van der Waals surface area contributed by atoms with E-state index < -0.39 is 0 Å². The number of halogens is 1. The van der Waals surface area contributed by atoms with Gasteiger partial charge in [-0.3, -0.25) is 0 Å². The molecule has 0 saturated carbocycles. The van der Waals surface area contributed by atoms with E-state index in [9.17, 15) is 0 Å². The zero-order chi connectivity index (χ0) is 14.4. The SMILES string of the molecule is Cl.N#Cc1sccc1COc1ccc(C(N)CCO)cc1. The standard InChI is InChI=1S/C15H16N2O2S.ClH/c16-9-15-12(6-8-20-15)10-19-13-3-1-11(2-4-13)14(17)5-7-18;/h1-4,6,8,14,18H,5,7,10,17H2;1H. The zero-order valence-corrected chi connectivity index (χ0v) is 13.0. The highest BCUT2D eigenvalue weighted by Crippen LogP contribution is 2.21. The molecule has 3 N–H and O–H groups in total. The summed E-state index contributed by atoms with van der Waals surface area (Å²) in [7, 11) is 0. The molecular weight excluding hydrogens is 308 g/mol. The summed E-state index contributed by atoms with van der Waals surface area (Å²) in [5.41, 5.74) is 7.78. The molecule has 1 aromatic heterocycles. The number of aliphatic hydroxyl groups is 1. The normalized spacial score (nSPS) is 11.3. The Morgan fingerprint density at radius 3 is 2.62 bits per heavy atom. The lowest BCUT2D eigenvalue weighted by atomic mass is 10.1. The van der Waals surface area contributed by atoms with Crippen LogP contribution in [0.1, 0.15) is 28.5 Å². The van der Waals surface area contributed by atoms with E-state index in [4.69, 9.17) is 20.8 Å². The van der Waals surface area contributed by atoms with Crippen molar-refractivity contribution in [3.63, 3.8) is 0 Å². The number of hydrogen-bond donors (Lipinski definition) is 2.